The second kappa shape index (κ2) is 4.93. The van der Waals surface area contributed by atoms with Crippen LogP contribution in [-0.4, -0.2) is 18.0 Å². The molecule has 1 fully saturated rings. The van der Waals surface area contributed by atoms with Gasteiger partial charge in [-0.15, -0.1) is 0 Å². The molecule has 1 aliphatic carbocycles. The number of fused-ring (bicyclic) bond motifs is 2. The van der Waals surface area contributed by atoms with Crippen LogP contribution in [0.1, 0.15) is 43.7 Å². The highest BCUT2D eigenvalue weighted by Crippen LogP contribution is 2.45. The third-order valence-corrected chi connectivity index (χ3v) is 4.32. The van der Waals surface area contributed by atoms with Crippen molar-refractivity contribution in [2.24, 2.45) is 0 Å². The number of carbonyl (C=O) groups excluding carboxylic acids is 2. The van der Waals surface area contributed by atoms with Crippen LogP contribution in [0.3, 0.4) is 0 Å². The molecule has 2 aliphatic rings. The maximum atomic E-state index is 12.4. The fourth-order valence-electron chi connectivity index (χ4n) is 3.49. The van der Waals surface area contributed by atoms with Crippen molar-refractivity contribution in [1.29, 1.82) is 0 Å². The van der Waals surface area contributed by atoms with E-state index in [2.05, 4.69) is 0 Å². The highest BCUT2D eigenvalue weighted by molar-refractivity contribution is 5.85. The summed E-state index contributed by atoms with van der Waals surface area (Å²) in [5, 5.41) is 0. The highest BCUT2D eigenvalue weighted by Gasteiger charge is 2.49. The van der Waals surface area contributed by atoms with Crippen LogP contribution in [-0.2, 0) is 31.1 Å². The molecule has 0 aromatic heterocycles. The first-order chi connectivity index (χ1) is 9.62. The normalized spacial score (nSPS) is 28.6. The van der Waals surface area contributed by atoms with Crippen molar-refractivity contribution in [3.8, 4) is 0 Å². The molecule has 0 radical (unpaired) electrons. The molecule has 0 amide bonds. The molecule has 4 heteroatoms. The minimum atomic E-state index is -0.632. The summed E-state index contributed by atoms with van der Waals surface area (Å²) >= 11 is 0. The van der Waals surface area contributed by atoms with Crippen LogP contribution in [0.4, 0.5) is 0 Å². The maximum absolute atomic E-state index is 12.4. The molecular formula is C16H18O4. The van der Waals surface area contributed by atoms with Crippen LogP contribution >= 0.6 is 0 Å². The van der Waals surface area contributed by atoms with Gasteiger partial charge >= 0.3 is 11.9 Å². The lowest BCUT2D eigenvalue weighted by atomic mass is 9.66. The van der Waals surface area contributed by atoms with E-state index in [4.69, 9.17) is 9.47 Å². The van der Waals surface area contributed by atoms with E-state index in [1.54, 1.807) is 0 Å². The lowest BCUT2D eigenvalue weighted by Crippen LogP contribution is -2.47. The molecule has 20 heavy (non-hydrogen) atoms. The Morgan fingerprint density at radius 3 is 3.00 bits per heavy atom. The molecule has 0 saturated heterocycles. The van der Waals surface area contributed by atoms with Crippen molar-refractivity contribution < 1.29 is 19.1 Å². The number of rotatable bonds is 1. The van der Waals surface area contributed by atoms with Crippen LogP contribution in [0.2, 0.25) is 0 Å². The Bertz CT molecular complexity index is 551. The van der Waals surface area contributed by atoms with E-state index in [0.29, 0.717) is 13.0 Å². The Hall–Kier alpha value is -1.84. The quantitative estimate of drug-likeness (QED) is 0.738. The molecular weight excluding hydrogens is 256 g/mol. The number of hydrogen-bond acceptors (Lipinski definition) is 4. The zero-order valence-corrected chi connectivity index (χ0v) is 11.6. The van der Waals surface area contributed by atoms with E-state index in [0.717, 1.165) is 30.4 Å². The van der Waals surface area contributed by atoms with E-state index < -0.39 is 5.41 Å². The molecule has 0 bridgehead atoms. The minimum Gasteiger partial charge on any atom is -0.463 e. The third kappa shape index (κ3) is 2.09. The molecule has 1 aromatic rings. The summed E-state index contributed by atoms with van der Waals surface area (Å²) in [5.74, 6) is -0.461. The third-order valence-electron chi connectivity index (χ3n) is 4.32. The monoisotopic (exact) mass is 274 g/mol. The number of benzene rings is 1. The molecule has 1 saturated carbocycles. The van der Waals surface area contributed by atoms with Gasteiger partial charge in [-0.1, -0.05) is 24.3 Å². The SMILES string of the molecule is CC(=O)OC1CCCC2(C1)C(=O)OCc1ccccc12. The number of cyclic esters (lactones) is 1. The fraction of sp³-hybridized carbons (Fsp3) is 0.500. The molecule has 1 aliphatic heterocycles. The topological polar surface area (TPSA) is 52.6 Å². The lowest BCUT2D eigenvalue weighted by molar-refractivity contribution is -0.162. The van der Waals surface area contributed by atoms with Gasteiger partial charge in [-0.2, -0.15) is 0 Å². The first kappa shape index (κ1) is 13.2. The second-order valence-electron chi connectivity index (χ2n) is 5.64. The van der Waals surface area contributed by atoms with Crippen molar-refractivity contribution in [3.63, 3.8) is 0 Å². The second-order valence-corrected chi connectivity index (χ2v) is 5.64. The van der Waals surface area contributed by atoms with Crippen LogP contribution < -0.4 is 0 Å². The predicted molar refractivity (Wildman–Crippen MR) is 71.9 cm³/mol. The predicted octanol–water partition coefficient (Wildman–Crippen LogP) is 2.49. The van der Waals surface area contributed by atoms with Gasteiger partial charge in [0, 0.05) is 13.3 Å². The standard InChI is InChI=1S/C16H18O4/c1-11(17)20-13-6-4-8-16(9-13)14-7-3-2-5-12(14)10-19-15(16)18/h2-3,5,7,13H,4,6,8-10H2,1H3. The Labute approximate surface area is 118 Å². The van der Waals surface area contributed by atoms with Gasteiger partial charge in [-0.3, -0.25) is 9.59 Å². The van der Waals surface area contributed by atoms with Crippen LogP contribution in [0.5, 0.6) is 0 Å². The van der Waals surface area contributed by atoms with Gasteiger partial charge < -0.3 is 9.47 Å². The average Bonchev–Trinajstić information content (AvgIpc) is 2.43. The van der Waals surface area contributed by atoms with Gasteiger partial charge in [0.2, 0.25) is 0 Å². The molecule has 4 nitrogen and oxygen atoms in total. The maximum Gasteiger partial charge on any atom is 0.317 e. The van der Waals surface area contributed by atoms with Gasteiger partial charge in [0.25, 0.3) is 0 Å². The van der Waals surface area contributed by atoms with E-state index in [1.807, 2.05) is 24.3 Å². The van der Waals surface area contributed by atoms with E-state index in [-0.39, 0.29) is 18.0 Å². The number of carbonyl (C=O) groups is 2. The van der Waals surface area contributed by atoms with Gasteiger partial charge in [-0.05, 0) is 30.4 Å². The van der Waals surface area contributed by atoms with Crippen molar-refractivity contribution in [2.75, 3.05) is 0 Å². The summed E-state index contributed by atoms with van der Waals surface area (Å²) in [6, 6.07) is 7.91. The Morgan fingerprint density at radius 2 is 2.20 bits per heavy atom. The molecule has 0 N–H and O–H groups in total. The Balaban J connectivity index is 1.97. The molecule has 1 spiro atoms. The van der Waals surface area contributed by atoms with Gasteiger partial charge in [0.1, 0.15) is 12.7 Å². The zero-order valence-electron chi connectivity index (χ0n) is 11.6. The Kier molecular flexibility index (Phi) is 3.24. The van der Waals surface area contributed by atoms with Crippen LogP contribution in [0.15, 0.2) is 24.3 Å². The van der Waals surface area contributed by atoms with Gasteiger partial charge in [0.05, 0.1) is 5.41 Å². The zero-order chi connectivity index (χ0) is 14.2. The summed E-state index contributed by atoms with van der Waals surface area (Å²) in [6.07, 6.45) is 2.78. The molecule has 1 heterocycles. The molecule has 3 rings (SSSR count). The smallest absolute Gasteiger partial charge is 0.317 e. The summed E-state index contributed by atoms with van der Waals surface area (Å²) in [7, 11) is 0. The highest BCUT2D eigenvalue weighted by atomic mass is 16.5. The van der Waals surface area contributed by atoms with Gasteiger partial charge in [-0.25, -0.2) is 0 Å². The first-order valence-electron chi connectivity index (χ1n) is 7.05. The summed E-state index contributed by atoms with van der Waals surface area (Å²) in [5.41, 5.74) is 1.48. The van der Waals surface area contributed by atoms with Crippen molar-refractivity contribution in [1.82, 2.24) is 0 Å². The van der Waals surface area contributed by atoms with Crippen molar-refractivity contribution >= 4 is 11.9 Å². The summed E-state index contributed by atoms with van der Waals surface area (Å²) < 4.78 is 10.7. The average molecular weight is 274 g/mol. The van der Waals surface area contributed by atoms with E-state index >= 15 is 0 Å². The van der Waals surface area contributed by atoms with E-state index in [1.165, 1.54) is 6.92 Å². The lowest BCUT2D eigenvalue weighted by Gasteiger charge is -2.42. The fourth-order valence-corrected chi connectivity index (χ4v) is 3.49. The minimum absolute atomic E-state index is 0.173. The van der Waals surface area contributed by atoms with E-state index in [9.17, 15) is 9.59 Å². The molecule has 2 atom stereocenters. The van der Waals surface area contributed by atoms with Crippen LogP contribution in [0.25, 0.3) is 0 Å². The molecule has 2 unspecified atom stereocenters. The summed E-state index contributed by atoms with van der Waals surface area (Å²) in [6.45, 7) is 1.75. The molecule has 1 aromatic carbocycles. The number of ether oxygens (including phenoxy) is 2. The first-order valence-corrected chi connectivity index (χ1v) is 7.05. The summed E-state index contributed by atoms with van der Waals surface area (Å²) in [4.78, 5) is 23.6. The number of esters is 2. The largest absolute Gasteiger partial charge is 0.463 e. The van der Waals surface area contributed by atoms with Crippen LogP contribution in [0, 0.1) is 0 Å². The molecule has 106 valence electrons. The number of hydrogen-bond donors (Lipinski definition) is 0. The van der Waals surface area contributed by atoms with Gasteiger partial charge in [0.15, 0.2) is 0 Å². The Morgan fingerprint density at radius 1 is 1.40 bits per heavy atom. The van der Waals surface area contributed by atoms with Crippen molar-refractivity contribution in [3.05, 3.63) is 35.4 Å². The van der Waals surface area contributed by atoms with Crippen molar-refractivity contribution in [2.45, 2.75) is 50.7 Å².